The average molecular weight is 303 g/mol. The minimum absolute atomic E-state index is 0.275. The lowest BCUT2D eigenvalue weighted by atomic mass is 9.98. The summed E-state index contributed by atoms with van der Waals surface area (Å²) in [6.07, 6.45) is 1.81. The molecule has 0 saturated heterocycles. The standard InChI is InChI=1S/C19H14FN3/c1-13(2)23-10-9-19(22-23)18-11-15(3-4-16(18)12-21)14-5-7-17(20)8-6-14/h3-11H,1H2,2H3. The summed E-state index contributed by atoms with van der Waals surface area (Å²) in [5, 5.41) is 13.8. The second-order valence-electron chi connectivity index (χ2n) is 5.26. The number of benzene rings is 2. The van der Waals surface area contributed by atoms with E-state index in [9.17, 15) is 9.65 Å². The Morgan fingerprint density at radius 1 is 1.13 bits per heavy atom. The number of hydrogen-bond donors (Lipinski definition) is 0. The molecule has 3 rings (SSSR count). The van der Waals surface area contributed by atoms with Gasteiger partial charge in [-0.1, -0.05) is 24.8 Å². The summed E-state index contributed by atoms with van der Waals surface area (Å²) in [7, 11) is 0. The summed E-state index contributed by atoms with van der Waals surface area (Å²) in [5.41, 5.74) is 4.58. The number of rotatable bonds is 3. The number of nitriles is 1. The molecule has 3 nitrogen and oxygen atoms in total. The molecule has 1 aromatic heterocycles. The molecule has 4 heteroatoms. The van der Waals surface area contributed by atoms with Crippen molar-refractivity contribution in [3.63, 3.8) is 0 Å². The lowest BCUT2D eigenvalue weighted by Crippen LogP contribution is -1.94. The Morgan fingerprint density at radius 3 is 2.43 bits per heavy atom. The number of allylic oxidation sites excluding steroid dienone is 1. The molecule has 0 atom stereocenters. The van der Waals surface area contributed by atoms with Gasteiger partial charge in [-0.15, -0.1) is 0 Å². The second kappa shape index (κ2) is 5.90. The molecule has 0 amide bonds. The van der Waals surface area contributed by atoms with Crippen LogP contribution in [-0.2, 0) is 0 Å². The Morgan fingerprint density at radius 2 is 1.83 bits per heavy atom. The van der Waals surface area contributed by atoms with Crippen LogP contribution in [0.25, 0.3) is 28.1 Å². The smallest absolute Gasteiger partial charge is 0.123 e. The second-order valence-corrected chi connectivity index (χ2v) is 5.26. The predicted molar refractivity (Wildman–Crippen MR) is 88.8 cm³/mol. The first-order valence-corrected chi connectivity index (χ1v) is 7.10. The average Bonchev–Trinajstić information content (AvgIpc) is 3.05. The third-order valence-electron chi connectivity index (χ3n) is 3.57. The van der Waals surface area contributed by atoms with Gasteiger partial charge in [-0.25, -0.2) is 9.07 Å². The highest BCUT2D eigenvalue weighted by molar-refractivity contribution is 5.76. The maximum Gasteiger partial charge on any atom is 0.123 e. The van der Waals surface area contributed by atoms with Crippen LogP contribution in [0.4, 0.5) is 4.39 Å². The van der Waals surface area contributed by atoms with Gasteiger partial charge in [0.2, 0.25) is 0 Å². The van der Waals surface area contributed by atoms with Crippen molar-refractivity contribution >= 4 is 5.70 Å². The molecule has 0 aliphatic rings. The number of nitrogens with zero attached hydrogens (tertiary/aromatic N) is 3. The molecular weight excluding hydrogens is 289 g/mol. The van der Waals surface area contributed by atoms with E-state index in [0.29, 0.717) is 11.3 Å². The van der Waals surface area contributed by atoms with Gasteiger partial charge in [0.25, 0.3) is 0 Å². The Hall–Kier alpha value is -3.19. The normalized spacial score (nSPS) is 10.3. The van der Waals surface area contributed by atoms with Crippen LogP contribution in [0.3, 0.4) is 0 Å². The Kier molecular flexibility index (Phi) is 3.78. The van der Waals surface area contributed by atoms with Gasteiger partial charge in [-0.2, -0.15) is 10.4 Å². The monoisotopic (exact) mass is 303 g/mol. The van der Waals surface area contributed by atoms with Gasteiger partial charge in [0, 0.05) is 17.5 Å². The summed E-state index contributed by atoms with van der Waals surface area (Å²) in [5.74, 6) is -0.275. The quantitative estimate of drug-likeness (QED) is 0.702. The van der Waals surface area contributed by atoms with E-state index in [1.807, 2.05) is 31.3 Å². The minimum Gasteiger partial charge on any atom is -0.245 e. The summed E-state index contributed by atoms with van der Waals surface area (Å²) < 4.78 is 14.7. The van der Waals surface area contributed by atoms with Crippen LogP contribution in [0.15, 0.2) is 61.3 Å². The van der Waals surface area contributed by atoms with Gasteiger partial charge >= 0.3 is 0 Å². The van der Waals surface area contributed by atoms with Gasteiger partial charge in [-0.3, -0.25) is 0 Å². The molecule has 1 heterocycles. The van der Waals surface area contributed by atoms with Crippen molar-refractivity contribution in [3.05, 3.63) is 72.7 Å². The van der Waals surface area contributed by atoms with Crippen LogP contribution in [0.5, 0.6) is 0 Å². The molecule has 0 aliphatic carbocycles. The van der Waals surface area contributed by atoms with E-state index in [4.69, 9.17) is 0 Å². The van der Waals surface area contributed by atoms with Gasteiger partial charge in [0.15, 0.2) is 0 Å². The molecule has 0 bridgehead atoms. The van der Waals surface area contributed by atoms with E-state index in [0.717, 1.165) is 22.4 Å². The van der Waals surface area contributed by atoms with Gasteiger partial charge in [-0.05, 0) is 48.4 Å². The summed E-state index contributed by atoms with van der Waals surface area (Å²) in [4.78, 5) is 0. The van der Waals surface area contributed by atoms with Crippen molar-refractivity contribution in [2.24, 2.45) is 0 Å². The SMILES string of the molecule is C=C(C)n1ccc(-c2cc(-c3ccc(F)cc3)ccc2C#N)n1. The number of halogens is 1. The molecule has 2 aromatic carbocycles. The molecule has 112 valence electrons. The number of aromatic nitrogens is 2. The largest absolute Gasteiger partial charge is 0.245 e. The fraction of sp³-hybridized carbons (Fsp3) is 0.0526. The fourth-order valence-electron chi connectivity index (χ4n) is 2.36. The molecule has 0 fully saturated rings. The topological polar surface area (TPSA) is 41.6 Å². The van der Waals surface area contributed by atoms with Crippen LogP contribution >= 0.6 is 0 Å². The van der Waals surface area contributed by atoms with Crippen LogP contribution in [0.2, 0.25) is 0 Å². The first-order chi connectivity index (χ1) is 11.1. The summed E-state index contributed by atoms with van der Waals surface area (Å²) in [6.45, 7) is 5.71. The third kappa shape index (κ3) is 2.90. The molecule has 0 saturated carbocycles. The van der Waals surface area contributed by atoms with E-state index in [1.54, 1.807) is 22.9 Å². The molecule has 0 N–H and O–H groups in total. The summed E-state index contributed by atoms with van der Waals surface area (Å²) in [6, 6.07) is 15.8. The van der Waals surface area contributed by atoms with E-state index in [2.05, 4.69) is 17.7 Å². The van der Waals surface area contributed by atoms with Crippen LogP contribution in [0.1, 0.15) is 12.5 Å². The Labute approximate surface area is 133 Å². The Balaban J connectivity index is 2.11. The third-order valence-corrected chi connectivity index (χ3v) is 3.57. The fourth-order valence-corrected chi connectivity index (χ4v) is 2.36. The van der Waals surface area contributed by atoms with Gasteiger partial charge < -0.3 is 0 Å². The maximum atomic E-state index is 13.1. The minimum atomic E-state index is -0.275. The van der Waals surface area contributed by atoms with Gasteiger partial charge in [0.05, 0.1) is 17.3 Å². The zero-order chi connectivity index (χ0) is 16.4. The molecule has 0 spiro atoms. The van der Waals surface area contributed by atoms with Crippen molar-refractivity contribution in [3.8, 4) is 28.5 Å². The van der Waals surface area contributed by atoms with Gasteiger partial charge in [0.1, 0.15) is 5.82 Å². The van der Waals surface area contributed by atoms with Crippen molar-refractivity contribution in [1.29, 1.82) is 5.26 Å². The van der Waals surface area contributed by atoms with Crippen LogP contribution in [-0.4, -0.2) is 9.78 Å². The molecule has 3 aromatic rings. The summed E-state index contributed by atoms with van der Waals surface area (Å²) >= 11 is 0. The molecule has 0 radical (unpaired) electrons. The first-order valence-electron chi connectivity index (χ1n) is 7.10. The molecule has 23 heavy (non-hydrogen) atoms. The highest BCUT2D eigenvalue weighted by Gasteiger charge is 2.11. The van der Waals surface area contributed by atoms with Crippen LogP contribution in [0, 0.1) is 17.1 Å². The van der Waals surface area contributed by atoms with Crippen molar-refractivity contribution in [2.75, 3.05) is 0 Å². The number of hydrogen-bond acceptors (Lipinski definition) is 2. The van der Waals surface area contributed by atoms with Crippen molar-refractivity contribution in [2.45, 2.75) is 6.92 Å². The highest BCUT2D eigenvalue weighted by Crippen LogP contribution is 2.29. The van der Waals surface area contributed by atoms with Crippen LogP contribution < -0.4 is 0 Å². The first kappa shape index (κ1) is 14.7. The zero-order valence-electron chi connectivity index (χ0n) is 12.6. The maximum absolute atomic E-state index is 13.1. The van der Waals surface area contributed by atoms with Crippen molar-refractivity contribution in [1.82, 2.24) is 9.78 Å². The molecule has 0 aliphatic heterocycles. The van der Waals surface area contributed by atoms with E-state index >= 15 is 0 Å². The highest BCUT2D eigenvalue weighted by atomic mass is 19.1. The lowest BCUT2D eigenvalue weighted by molar-refractivity contribution is 0.628. The zero-order valence-corrected chi connectivity index (χ0v) is 12.6. The van der Waals surface area contributed by atoms with E-state index < -0.39 is 0 Å². The molecular formula is C19H14FN3. The predicted octanol–water partition coefficient (Wildman–Crippen LogP) is 4.72. The lowest BCUT2D eigenvalue weighted by Gasteiger charge is -2.06. The Bertz CT molecular complexity index is 915. The van der Waals surface area contributed by atoms with E-state index in [-0.39, 0.29) is 5.82 Å². The van der Waals surface area contributed by atoms with Crippen molar-refractivity contribution < 1.29 is 4.39 Å². The van der Waals surface area contributed by atoms with E-state index in [1.165, 1.54) is 12.1 Å². The molecule has 0 unspecified atom stereocenters.